The summed E-state index contributed by atoms with van der Waals surface area (Å²) in [5.74, 6) is 0.819. The topological polar surface area (TPSA) is 73.8 Å². The van der Waals surface area contributed by atoms with E-state index in [-0.39, 0.29) is 22.9 Å². The van der Waals surface area contributed by atoms with Gasteiger partial charge >= 0.3 is 0 Å². The van der Waals surface area contributed by atoms with Crippen LogP contribution < -0.4 is 4.90 Å². The van der Waals surface area contributed by atoms with Gasteiger partial charge in [-0.15, -0.1) is 0 Å². The molecule has 7 nitrogen and oxygen atoms in total. The lowest BCUT2D eigenvalue weighted by Crippen LogP contribution is -2.48. The minimum Gasteiger partial charge on any atom is -0.353 e. The molecule has 1 aliphatic heterocycles. The number of carbonyl (C=O) groups is 1. The molecule has 1 amide bonds. The average molecular weight is 369 g/mol. The second-order valence-corrected chi connectivity index (χ2v) is 8.71. The normalized spacial score (nSPS) is 16.2. The highest BCUT2D eigenvalue weighted by molar-refractivity contribution is 7.89. The quantitative estimate of drug-likeness (QED) is 0.788. The third-order valence-electron chi connectivity index (χ3n) is 4.36. The first kappa shape index (κ1) is 19.7. The van der Waals surface area contributed by atoms with Gasteiger partial charge < -0.3 is 9.80 Å². The van der Waals surface area contributed by atoms with Gasteiger partial charge in [0.05, 0.1) is 0 Å². The number of hydrogen-bond acceptors (Lipinski definition) is 5. The first-order valence-electron chi connectivity index (χ1n) is 8.64. The SMILES string of the molecule is CC(=O)N1CCN(c2ccc(S(=O)(=O)N(C(C)C)C(C)C)cn2)CC1. The van der Waals surface area contributed by atoms with E-state index < -0.39 is 10.0 Å². The predicted octanol–water partition coefficient (Wildman–Crippen LogP) is 1.56. The van der Waals surface area contributed by atoms with Crippen molar-refractivity contribution in [1.82, 2.24) is 14.2 Å². The highest BCUT2D eigenvalue weighted by atomic mass is 32.2. The summed E-state index contributed by atoms with van der Waals surface area (Å²) in [6, 6.07) is 3.12. The van der Waals surface area contributed by atoms with Gasteiger partial charge in [-0.25, -0.2) is 13.4 Å². The molecule has 1 fully saturated rings. The second-order valence-electron chi connectivity index (χ2n) is 6.87. The van der Waals surface area contributed by atoms with E-state index in [9.17, 15) is 13.2 Å². The molecule has 8 heteroatoms. The van der Waals surface area contributed by atoms with E-state index in [4.69, 9.17) is 0 Å². The number of pyridine rings is 1. The fourth-order valence-corrected chi connectivity index (χ4v) is 5.02. The third kappa shape index (κ3) is 4.30. The van der Waals surface area contributed by atoms with Crippen molar-refractivity contribution in [3.63, 3.8) is 0 Å². The molecule has 0 spiro atoms. The maximum Gasteiger partial charge on any atom is 0.245 e. The van der Waals surface area contributed by atoms with E-state index in [0.717, 1.165) is 5.82 Å². The lowest BCUT2D eigenvalue weighted by atomic mass is 10.3. The molecule has 0 aromatic carbocycles. The van der Waals surface area contributed by atoms with Crippen LogP contribution in [0.3, 0.4) is 0 Å². The summed E-state index contributed by atoms with van der Waals surface area (Å²) in [4.78, 5) is 19.8. The van der Waals surface area contributed by atoms with Crippen LogP contribution >= 0.6 is 0 Å². The van der Waals surface area contributed by atoms with Crippen LogP contribution in [0.4, 0.5) is 5.82 Å². The zero-order valence-corrected chi connectivity index (χ0v) is 16.5. The van der Waals surface area contributed by atoms with Gasteiger partial charge in [0, 0.05) is 51.4 Å². The average Bonchev–Trinajstić information content (AvgIpc) is 2.54. The van der Waals surface area contributed by atoms with Gasteiger partial charge in [-0.05, 0) is 39.8 Å². The molecule has 0 N–H and O–H groups in total. The van der Waals surface area contributed by atoms with Crippen LogP contribution in [0.2, 0.25) is 0 Å². The summed E-state index contributed by atoms with van der Waals surface area (Å²) in [6.45, 7) is 11.8. The largest absolute Gasteiger partial charge is 0.353 e. The molecule has 2 heterocycles. The number of carbonyl (C=O) groups excluding carboxylic acids is 1. The van der Waals surface area contributed by atoms with Gasteiger partial charge in [-0.3, -0.25) is 4.79 Å². The highest BCUT2D eigenvalue weighted by Crippen LogP contribution is 2.22. The van der Waals surface area contributed by atoms with E-state index in [1.165, 1.54) is 10.5 Å². The summed E-state index contributed by atoms with van der Waals surface area (Å²) in [5.41, 5.74) is 0. The molecule has 1 aliphatic rings. The van der Waals surface area contributed by atoms with Gasteiger partial charge in [0.2, 0.25) is 15.9 Å². The lowest BCUT2D eigenvalue weighted by molar-refractivity contribution is -0.129. The number of hydrogen-bond donors (Lipinski definition) is 0. The fraction of sp³-hybridized carbons (Fsp3) is 0.647. The molecule has 2 rings (SSSR count). The summed E-state index contributed by atoms with van der Waals surface area (Å²) in [5, 5.41) is 0. The molecule has 0 bridgehead atoms. The molecule has 0 unspecified atom stereocenters. The van der Waals surface area contributed by atoms with Crippen molar-refractivity contribution in [3.8, 4) is 0 Å². The molecular weight excluding hydrogens is 340 g/mol. The Morgan fingerprint density at radius 2 is 1.64 bits per heavy atom. The van der Waals surface area contributed by atoms with Crippen molar-refractivity contribution in [2.75, 3.05) is 31.1 Å². The van der Waals surface area contributed by atoms with Crippen LogP contribution in [0, 0.1) is 0 Å². The number of piperazine rings is 1. The van der Waals surface area contributed by atoms with Crippen molar-refractivity contribution in [2.45, 2.75) is 51.6 Å². The van der Waals surface area contributed by atoms with Crippen molar-refractivity contribution < 1.29 is 13.2 Å². The molecular formula is C17H28N4O3S. The second kappa shape index (κ2) is 7.70. The smallest absolute Gasteiger partial charge is 0.245 e. The summed E-state index contributed by atoms with van der Waals surface area (Å²) < 4.78 is 27.2. The van der Waals surface area contributed by atoms with Gasteiger partial charge in [0.25, 0.3) is 0 Å². The van der Waals surface area contributed by atoms with Gasteiger partial charge in [0.15, 0.2) is 0 Å². The molecule has 25 heavy (non-hydrogen) atoms. The predicted molar refractivity (Wildman–Crippen MR) is 98.0 cm³/mol. The first-order valence-corrected chi connectivity index (χ1v) is 10.1. The number of nitrogens with zero attached hydrogens (tertiary/aromatic N) is 4. The molecule has 140 valence electrons. The lowest BCUT2D eigenvalue weighted by Gasteiger charge is -2.35. The molecule has 0 aliphatic carbocycles. The molecule has 0 radical (unpaired) electrons. The Bertz CT molecular complexity index is 685. The maximum absolute atomic E-state index is 12.8. The minimum atomic E-state index is -3.57. The Kier molecular flexibility index (Phi) is 6.05. The van der Waals surface area contributed by atoms with Crippen LogP contribution in [0.5, 0.6) is 0 Å². The first-order chi connectivity index (χ1) is 11.6. The number of anilines is 1. The maximum atomic E-state index is 12.8. The number of amides is 1. The molecule has 1 aromatic rings. The highest BCUT2D eigenvalue weighted by Gasteiger charge is 2.30. The van der Waals surface area contributed by atoms with Crippen LogP contribution in [-0.4, -0.2) is 66.8 Å². The van der Waals surface area contributed by atoms with Crippen molar-refractivity contribution in [1.29, 1.82) is 0 Å². The number of rotatable bonds is 5. The monoisotopic (exact) mass is 368 g/mol. The molecule has 0 atom stereocenters. The van der Waals surface area contributed by atoms with E-state index in [1.807, 2.05) is 27.7 Å². The van der Waals surface area contributed by atoms with Crippen LogP contribution in [0.15, 0.2) is 23.2 Å². The Morgan fingerprint density at radius 3 is 2.04 bits per heavy atom. The standard InChI is InChI=1S/C17H28N4O3S/c1-13(2)21(14(3)4)25(23,24)16-6-7-17(18-12-16)20-10-8-19(9-11-20)15(5)22/h6-7,12-14H,8-11H2,1-5H3. The van der Waals surface area contributed by atoms with Crippen LogP contribution in [0.25, 0.3) is 0 Å². The number of aromatic nitrogens is 1. The number of sulfonamides is 1. The van der Waals surface area contributed by atoms with Crippen molar-refractivity contribution in [3.05, 3.63) is 18.3 Å². The Balaban J connectivity index is 2.16. The van der Waals surface area contributed by atoms with Crippen molar-refractivity contribution in [2.24, 2.45) is 0 Å². The van der Waals surface area contributed by atoms with Crippen LogP contribution in [-0.2, 0) is 14.8 Å². The Morgan fingerprint density at radius 1 is 1.08 bits per heavy atom. The molecule has 1 saturated heterocycles. The Labute approximate surface area is 150 Å². The molecule has 1 aromatic heterocycles. The zero-order valence-electron chi connectivity index (χ0n) is 15.6. The zero-order chi connectivity index (χ0) is 18.8. The van der Waals surface area contributed by atoms with E-state index in [1.54, 1.807) is 24.0 Å². The van der Waals surface area contributed by atoms with Gasteiger partial charge in [-0.2, -0.15) is 4.31 Å². The summed E-state index contributed by atoms with van der Waals surface area (Å²) >= 11 is 0. The van der Waals surface area contributed by atoms with E-state index >= 15 is 0 Å². The fourth-order valence-electron chi connectivity index (χ4n) is 3.24. The molecule has 0 saturated carbocycles. The summed E-state index contributed by atoms with van der Waals surface area (Å²) in [7, 11) is -3.57. The minimum absolute atomic E-state index is 0.0801. The Hall–Kier alpha value is -1.67. The van der Waals surface area contributed by atoms with Gasteiger partial charge in [0.1, 0.15) is 10.7 Å². The van der Waals surface area contributed by atoms with E-state index in [0.29, 0.717) is 26.2 Å². The third-order valence-corrected chi connectivity index (χ3v) is 6.60. The van der Waals surface area contributed by atoms with E-state index in [2.05, 4.69) is 9.88 Å². The van der Waals surface area contributed by atoms with Crippen molar-refractivity contribution >= 4 is 21.7 Å². The summed E-state index contributed by atoms with van der Waals surface area (Å²) in [6.07, 6.45) is 1.43. The van der Waals surface area contributed by atoms with Gasteiger partial charge in [-0.1, -0.05) is 0 Å². The van der Waals surface area contributed by atoms with Crippen LogP contribution in [0.1, 0.15) is 34.6 Å².